The van der Waals surface area contributed by atoms with Crippen LogP contribution < -0.4 is 0 Å². The number of nitrogens with zero attached hydrogens (tertiary/aromatic N) is 3. The van der Waals surface area contributed by atoms with Crippen molar-refractivity contribution in [3.8, 4) is 21.8 Å². The average molecular weight is 356 g/mol. The Labute approximate surface area is 133 Å². The number of nitrogens with one attached hydrogen (secondary N) is 1. The van der Waals surface area contributed by atoms with Gasteiger partial charge in [0, 0.05) is 25.7 Å². The largest absolute Gasteiger partial charge is 0.239 e. The fraction of sp³-hybridized carbons (Fsp3) is 0. The highest BCUT2D eigenvalue weighted by atomic mass is 79.9. The molecule has 0 aliphatic carbocycles. The molecule has 0 bridgehead atoms. The van der Waals surface area contributed by atoms with Crippen LogP contribution in [-0.4, -0.2) is 20.6 Å². The lowest BCUT2D eigenvalue weighted by Gasteiger charge is -2.05. The van der Waals surface area contributed by atoms with Crippen LogP contribution in [0.4, 0.5) is 0 Å². The van der Waals surface area contributed by atoms with E-state index < -0.39 is 0 Å². The van der Waals surface area contributed by atoms with Crippen molar-refractivity contribution in [1.82, 2.24) is 20.6 Å². The van der Waals surface area contributed by atoms with Gasteiger partial charge in [-0.3, -0.25) is 0 Å². The summed E-state index contributed by atoms with van der Waals surface area (Å²) in [6.45, 7) is 0. The third-order valence-electron chi connectivity index (χ3n) is 3.24. The highest BCUT2D eigenvalue weighted by Crippen LogP contribution is 2.44. The zero-order valence-electron chi connectivity index (χ0n) is 10.7. The predicted octanol–water partition coefficient (Wildman–Crippen LogP) is 4.31. The highest BCUT2D eigenvalue weighted by molar-refractivity contribution is 9.10. The first kappa shape index (κ1) is 12.7. The summed E-state index contributed by atoms with van der Waals surface area (Å²) in [6, 6.07) is 17.2. The molecule has 0 atom stereocenters. The van der Waals surface area contributed by atoms with Crippen LogP contribution in [0.25, 0.3) is 31.9 Å². The summed E-state index contributed by atoms with van der Waals surface area (Å²) >= 11 is 5.45. The van der Waals surface area contributed by atoms with Crippen molar-refractivity contribution in [3.63, 3.8) is 0 Å². The molecule has 1 radical (unpaired) electrons. The van der Waals surface area contributed by atoms with Crippen LogP contribution in [0.3, 0.4) is 0 Å². The van der Waals surface area contributed by atoms with Gasteiger partial charge in [0.2, 0.25) is 0 Å². The number of fused-ring (bicyclic) bond motifs is 1. The maximum absolute atomic E-state index is 4.02. The van der Waals surface area contributed by atoms with Gasteiger partial charge in [0.1, 0.15) is 0 Å². The molecular weight excluding hydrogens is 348 g/mol. The molecule has 2 heterocycles. The molecule has 0 amide bonds. The topological polar surface area (TPSA) is 54.5 Å². The molecule has 0 aliphatic heterocycles. The number of tetrazole rings is 1. The van der Waals surface area contributed by atoms with Gasteiger partial charge in [-0.25, -0.2) is 5.10 Å². The third kappa shape index (κ3) is 2.07. The SMILES string of the molecule is Brc1c(-c2ccccc2-c2nnn[nH]2)sc2cc[c]cc12. The first-order chi connectivity index (χ1) is 10.3. The number of halogens is 1. The summed E-state index contributed by atoms with van der Waals surface area (Å²) in [5.41, 5.74) is 2.09. The summed E-state index contributed by atoms with van der Waals surface area (Å²) in [6.07, 6.45) is 0. The Morgan fingerprint density at radius 3 is 2.76 bits per heavy atom. The van der Waals surface area contributed by atoms with Crippen molar-refractivity contribution in [1.29, 1.82) is 0 Å². The average Bonchev–Trinajstić information content (AvgIpc) is 3.16. The second-order valence-electron chi connectivity index (χ2n) is 4.46. The molecule has 0 unspecified atom stereocenters. The van der Waals surface area contributed by atoms with Crippen LogP contribution in [0.15, 0.2) is 46.9 Å². The Bertz CT molecular complexity index is 914. The van der Waals surface area contributed by atoms with Crippen LogP contribution in [0.5, 0.6) is 0 Å². The number of hydrogen-bond donors (Lipinski definition) is 1. The number of aromatic amines is 1. The van der Waals surface area contributed by atoms with Crippen LogP contribution in [0, 0.1) is 6.07 Å². The highest BCUT2D eigenvalue weighted by Gasteiger charge is 2.16. The van der Waals surface area contributed by atoms with Gasteiger partial charge in [0.05, 0.1) is 4.88 Å². The molecule has 0 saturated heterocycles. The van der Waals surface area contributed by atoms with E-state index in [1.165, 1.54) is 10.1 Å². The van der Waals surface area contributed by atoms with Crippen molar-refractivity contribution in [2.45, 2.75) is 0 Å². The zero-order valence-corrected chi connectivity index (χ0v) is 13.1. The monoisotopic (exact) mass is 355 g/mol. The van der Waals surface area contributed by atoms with Gasteiger partial charge < -0.3 is 0 Å². The summed E-state index contributed by atoms with van der Waals surface area (Å²) in [4.78, 5) is 1.16. The van der Waals surface area contributed by atoms with Gasteiger partial charge in [-0.1, -0.05) is 30.3 Å². The number of benzene rings is 2. The molecule has 0 aliphatic rings. The molecular formula is C15H8BrN4S. The van der Waals surface area contributed by atoms with E-state index in [1.54, 1.807) is 11.3 Å². The van der Waals surface area contributed by atoms with E-state index in [-0.39, 0.29) is 0 Å². The van der Waals surface area contributed by atoms with E-state index in [2.05, 4.69) is 54.8 Å². The van der Waals surface area contributed by atoms with Crippen molar-refractivity contribution in [2.24, 2.45) is 0 Å². The van der Waals surface area contributed by atoms with E-state index in [9.17, 15) is 0 Å². The molecule has 0 spiro atoms. The molecule has 4 aromatic rings. The molecule has 4 rings (SSSR count). The molecule has 21 heavy (non-hydrogen) atoms. The third-order valence-corrected chi connectivity index (χ3v) is 5.53. The van der Waals surface area contributed by atoms with Gasteiger partial charge in [-0.15, -0.1) is 16.4 Å². The number of rotatable bonds is 2. The van der Waals surface area contributed by atoms with E-state index in [4.69, 9.17) is 0 Å². The minimum Gasteiger partial charge on any atom is -0.239 e. The van der Waals surface area contributed by atoms with Crippen LogP contribution in [0.2, 0.25) is 0 Å². The summed E-state index contributed by atoms with van der Waals surface area (Å²) < 4.78 is 2.31. The summed E-state index contributed by atoms with van der Waals surface area (Å²) in [5, 5.41) is 15.3. The molecule has 2 aromatic heterocycles. The Balaban J connectivity index is 2.00. The van der Waals surface area contributed by atoms with Crippen molar-refractivity contribution >= 4 is 37.4 Å². The predicted molar refractivity (Wildman–Crippen MR) is 87.0 cm³/mol. The lowest BCUT2D eigenvalue weighted by molar-refractivity contribution is 0.881. The molecule has 2 aromatic carbocycles. The van der Waals surface area contributed by atoms with E-state index >= 15 is 0 Å². The maximum Gasteiger partial charge on any atom is 0.180 e. The normalized spacial score (nSPS) is 11.1. The first-order valence-corrected chi connectivity index (χ1v) is 7.87. The number of aromatic nitrogens is 4. The van der Waals surface area contributed by atoms with Gasteiger partial charge in [0.25, 0.3) is 0 Å². The Hall–Kier alpha value is -2.05. The van der Waals surface area contributed by atoms with Crippen molar-refractivity contribution in [3.05, 3.63) is 53.0 Å². The lowest BCUT2D eigenvalue weighted by Crippen LogP contribution is -1.85. The number of thiophene rings is 1. The van der Waals surface area contributed by atoms with Gasteiger partial charge >= 0.3 is 0 Å². The molecule has 1 N–H and O–H groups in total. The lowest BCUT2D eigenvalue weighted by atomic mass is 10.1. The van der Waals surface area contributed by atoms with E-state index in [0.717, 1.165) is 20.5 Å². The van der Waals surface area contributed by atoms with Crippen molar-refractivity contribution < 1.29 is 0 Å². The first-order valence-electron chi connectivity index (χ1n) is 6.26. The Kier molecular flexibility index (Phi) is 3.05. The quantitative estimate of drug-likeness (QED) is 0.582. The molecule has 101 valence electrons. The van der Waals surface area contributed by atoms with E-state index in [0.29, 0.717) is 5.82 Å². The van der Waals surface area contributed by atoms with Gasteiger partial charge in [-0.2, -0.15) is 0 Å². The molecule has 0 fully saturated rings. The van der Waals surface area contributed by atoms with Crippen LogP contribution >= 0.6 is 27.3 Å². The van der Waals surface area contributed by atoms with Gasteiger partial charge in [-0.05, 0) is 44.6 Å². The minimum atomic E-state index is 0.668. The second-order valence-corrected chi connectivity index (χ2v) is 6.31. The molecule has 4 nitrogen and oxygen atoms in total. The van der Waals surface area contributed by atoms with E-state index in [1.807, 2.05) is 30.3 Å². The standard InChI is InChI=1S/C15H8BrN4S/c16-13-11-7-3-4-8-12(11)21-14(13)9-5-1-2-6-10(9)15-17-19-20-18-15/h1-2,4-8H,(H,17,18,19,20). The van der Waals surface area contributed by atoms with Crippen molar-refractivity contribution in [2.75, 3.05) is 0 Å². The Morgan fingerprint density at radius 1 is 1.14 bits per heavy atom. The minimum absolute atomic E-state index is 0.668. The maximum atomic E-state index is 4.02. The van der Waals surface area contributed by atoms with Gasteiger partial charge in [0.15, 0.2) is 5.82 Å². The fourth-order valence-corrected chi connectivity index (χ4v) is 4.32. The Morgan fingerprint density at radius 2 is 2.00 bits per heavy atom. The van der Waals surface area contributed by atoms with Crippen LogP contribution in [-0.2, 0) is 0 Å². The molecule has 6 heteroatoms. The molecule has 0 saturated carbocycles. The number of H-pyrrole nitrogens is 1. The summed E-state index contributed by atoms with van der Waals surface area (Å²) in [5.74, 6) is 0.668. The summed E-state index contributed by atoms with van der Waals surface area (Å²) in [7, 11) is 0. The van der Waals surface area contributed by atoms with Crippen LogP contribution in [0.1, 0.15) is 0 Å². The second kappa shape index (κ2) is 5.05. The number of hydrogen-bond acceptors (Lipinski definition) is 4. The fourth-order valence-electron chi connectivity index (χ4n) is 2.29. The zero-order chi connectivity index (χ0) is 14.2. The smallest absolute Gasteiger partial charge is 0.180 e.